The third kappa shape index (κ3) is 4.23. The van der Waals surface area contributed by atoms with E-state index in [4.69, 9.17) is 5.73 Å². The van der Waals surface area contributed by atoms with E-state index in [1.807, 2.05) is 47.4 Å². The quantitative estimate of drug-likeness (QED) is 0.856. The van der Waals surface area contributed by atoms with Crippen LogP contribution in [0.4, 0.5) is 0 Å². The zero-order chi connectivity index (χ0) is 16.8. The van der Waals surface area contributed by atoms with Crippen molar-refractivity contribution >= 4 is 5.91 Å². The maximum Gasteiger partial charge on any atom is 0.220 e. The van der Waals surface area contributed by atoms with E-state index in [2.05, 4.69) is 10.4 Å². The summed E-state index contributed by atoms with van der Waals surface area (Å²) in [5.74, 6) is 0.552. The van der Waals surface area contributed by atoms with Gasteiger partial charge in [0.1, 0.15) is 0 Å². The minimum Gasteiger partial charge on any atom is -0.353 e. The summed E-state index contributed by atoms with van der Waals surface area (Å²) in [4.78, 5) is 12.2. The van der Waals surface area contributed by atoms with Gasteiger partial charge in [0.2, 0.25) is 5.91 Å². The number of nitrogens with zero attached hydrogens (tertiary/aromatic N) is 2. The molecule has 0 radical (unpaired) electrons. The number of aryl methyl sites for hydroxylation is 1. The Hall–Kier alpha value is -2.14. The SMILES string of the molecule is NCC1CCCCC1NC(=O)CCc1cnn(-c2ccccc2)c1. The van der Waals surface area contributed by atoms with Gasteiger partial charge in [-0.15, -0.1) is 0 Å². The third-order valence-corrected chi connectivity index (χ3v) is 4.86. The molecule has 1 aromatic carbocycles. The number of para-hydroxylation sites is 1. The van der Waals surface area contributed by atoms with Crippen molar-refractivity contribution < 1.29 is 4.79 Å². The van der Waals surface area contributed by atoms with Crippen LogP contribution < -0.4 is 11.1 Å². The monoisotopic (exact) mass is 326 g/mol. The van der Waals surface area contributed by atoms with Crippen LogP contribution in [0.3, 0.4) is 0 Å². The molecule has 2 unspecified atom stereocenters. The highest BCUT2D eigenvalue weighted by molar-refractivity contribution is 5.76. The van der Waals surface area contributed by atoms with E-state index in [9.17, 15) is 4.79 Å². The second-order valence-electron chi connectivity index (χ2n) is 6.58. The van der Waals surface area contributed by atoms with Gasteiger partial charge in [-0.3, -0.25) is 4.79 Å². The lowest BCUT2D eigenvalue weighted by atomic mass is 9.84. The van der Waals surface area contributed by atoms with Crippen LogP contribution >= 0.6 is 0 Å². The van der Waals surface area contributed by atoms with Crippen molar-refractivity contribution in [2.24, 2.45) is 11.7 Å². The van der Waals surface area contributed by atoms with Gasteiger partial charge in [0, 0.05) is 18.7 Å². The van der Waals surface area contributed by atoms with Crippen molar-refractivity contribution in [3.05, 3.63) is 48.3 Å². The molecule has 1 saturated carbocycles. The summed E-state index contributed by atoms with van der Waals surface area (Å²) in [6.07, 6.45) is 9.63. The highest BCUT2D eigenvalue weighted by Gasteiger charge is 2.25. The van der Waals surface area contributed by atoms with Crippen LogP contribution in [0.5, 0.6) is 0 Å². The maximum absolute atomic E-state index is 12.2. The molecule has 1 fully saturated rings. The molecule has 0 bridgehead atoms. The topological polar surface area (TPSA) is 72.9 Å². The van der Waals surface area contributed by atoms with Crippen molar-refractivity contribution in [3.8, 4) is 5.69 Å². The minimum absolute atomic E-state index is 0.118. The fourth-order valence-corrected chi connectivity index (χ4v) is 3.43. The first-order chi connectivity index (χ1) is 11.8. The van der Waals surface area contributed by atoms with Crippen LogP contribution in [0, 0.1) is 5.92 Å². The first-order valence-electron chi connectivity index (χ1n) is 8.84. The third-order valence-electron chi connectivity index (χ3n) is 4.86. The predicted molar refractivity (Wildman–Crippen MR) is 94.8 cm³/mol. The number of nitrogens with one attached hydrogen (secondary N) is 1. The van der Waals surface area contributed by atoms with Crippen molar-refractivity contribution in [1.82, 2.24) is 15.1 Å². The number of benzene rings is 1. The highest BCUT2D eigenvalue weighted by atomic mass is 16.1. The average molecular weight is 326 g/mol. The lowest BCUT2D eigenvalue weighted by molar-refractivity contribution is -0.122. The van der Waals surface area contributed by atoms with E-state index >= 15 is 0 Å². The molecule has 2 aromatic rings. The minimum atomic E-state index is 0.118. The second-order valence-corrected chi connectivity index (χ2v) is 6.58. The number of hydrogen-bond donors (Lipinski definition) is 2. The number of carbonyl (C=O) groups excluding carboxylic acids is 1. The Kier molecular flexibility index (Phi) is 5.64. The van der Waals surface area contributed by atoms with Gasteiger partial charge in [0.05, 0.1) is 11.9 Å². The summed E-state index contributed by atoms with van der Waals surface area (Å²) in [7, 11) is 0. The lowest BCUT2D eigenvalue weighted by Crippen LogP contribution is -2.44. The summed E-state index contributed by atoms with van der Waals surface area (Å²) < 4.78 is 1.85. The molecule has 3 rings (SSSR count). The summed E-state index contributed by atoms with van der Waals surface area (Å²) >= 11 is 0. The van der Waals surface area contributed by atoms with Gasteiger partial charge in [-0.1, -0.05) is 31.0 Å². The molecular formula is C19H26N4O. The second kappa shape index (κ2) is 8.11. The van der Waals surface area contributed by atoms with Crippen LogP contribution in [-0.2, 0) is 11.2 Å². The molecule has 5 nitrogen and oxygen atoms in total. The molecule has 1 aromatic heterocycles. The zero-order valence-electron chi connectivity index (χ0n) is 14.0. The molecule has 5 heteroatoms. The van der Waals surface area contributed by atoms with Gasteiger partial charge in [-0.2, -0.15) is 5.10 Å². The van der Waals surface area contributed by atoms with Crippen LogP contribution in [0.1, 0.15) is 37.7 Å². The fraction of sp³-hybridized carbons (Fsp3) is 0.474. The zero-order valence-corrected chi connectivity index (χ0v) is 14.0. The standard InChI is InChI=1S/C19H26N4O/c20-12-16-6-4-5-9-18(16)22-19(24)11-10-15-13-21-23(14-15)17-7-2-1-3-8-17/h1-3,7-8,13-14,16,18H,4-6,9-12,20H2,(H,22,24). The fourth-order valence-electron chi connectivity index (χ4n) is 3.43. The van der Waals surface area contributed by atoms with Crippen LogP contribution in [-0.4, -0.2) is 28.3 Å². The van der Waals surface area contributed by atoms with Crippen molar-refractivity contribution in [2.75, 3.05) is 6.54 Å². The Labute approximate surface area is 143 Å². The summed E-state index contributed by atoms with van der Waals surface area (Å²) in [6.45, 7) is 0.662. The molecule has 24 heavy (non-hydrogen) atoms. The predicted octanol–water partition coefficient (Wildman–Crippen LogP) is 2.44. The van der Waals surface area contributed by atoms with E-state index in [1.54, 1.807) is 0 Å². The Balaban J connectivity index is 1.50. The Morgan fingerprint density at radius 1 is 1.25 bits per heavy atom. The maximum atomic E-state index is 12.2. The molecule has 3 N–H and O–H groups in total. The Morgan fingerprint density at radius 3 is 2.83 bits per heavy atom. The molecule has 0 spiro atoms. The molecule has 128 valence electrons. The molecular weight excluding hydrogens is 300 g/mol. The van der Waals surface area contributed by atoms with Gasteiger partial charge in [-0.05, 0) is 49.4 Å². The number of carbonyl (C=O) groups is 1. The average Bonchev–Trinajstić information content (AvgIpc) is 3.10. The van der Waals surface area contributed by atoms with Gasteiger partial charge < -0.3 is 11.1 Å². The lowest BCUT2D eigenvalue weighted by Gasteiger charge is -2.31. The first-order valence-corrected chi connectivity index (χ1v) is 8.84. The van der Waals surface area contributed by atoms with E-state index < -0.39 is 0 Å². The molecule has 1 heterocycles. The normalized spacial score (nSPS) is 20.7. The number of hydrogen-bond acceptors (Lipinski definition) is 3. The van der Waals surface area contributed by atoms with E-state index in [0.29, 0.717) is 25.3 Å². The molecule has 1 aliphatic rings. The Bertz CT molecular complexity index is 652. The molecule has 1 amide bonds. The number of nitrogens with two attached hydrogens (primary N) is 1. The largest absolute Gasteiger partial charge is 0.353 e. The van der Waals surface area contributed by atoms with Gasteiger partial charge in [0.25, 0.3) is 0 Å². The Morgan fingerprint density at radius 2 is 2.04 bits per heavy atom. The van der Waals surface area contributed by atoms with E-state index in [1.165, 1.54) is 12.8 Å². The smallest absolute Gasteiger partial charge is 0.220 e. The number of rotatable bonds is 6. The number of aromatic nitrogens is 2. The van der Waals surface area contributed by atoms with Crippen LogP contribution in [0.2, 0.25) is 0 Å². The van der Waals surface area contributed by atoms with E-state index in [-0.39, 0.29) is 11.9 Å². The number of amides is 1. The van der Waals surface area contributed by atoms with E-state index in [0.717, 1.165) is 24.1 Å². The van der Waals surface area contributed by atoms with Crippen molar-refractivity contribution in [2.45, 2.75) is 44.6 Å². The van der Waals surface area contributed by atoms with Crippen LogP contribution in [0.15, 0.2) is 42.7 Å². The highest BCUT2D eigenvalue weighted by Crippen LogP contribution is 2.23. The summed E-state index contributed by atoms with van der Waals surface area (Å²) in [6, 6.07) is 10.2. The first kappa shape index (κ1) is 16.7. The molecule has 1 aliphatic carbocycles. The molecule has 0 saturated heterocycles. The van der Waals surface area contributed by atoms with Crippen LogP contribution in [0.25, 0.3) is 5.69 Å². The van der Waals surface area contributed by atoms with Crippen molar-refractivity contribution in [1.29, 1.82) is 0 Å². The summed E-state index contributed by atoms with van der Waals surface area (Å²) in [5.41, 5.74) is 7.94. The summed E-state index contributed by atoms with van der Waals surface area (Å²) in [5, 5.41) is 7.56. The molecule has 2 atom stereocenters. The van der Waals surface area contributed by atoms with Crippen molar-refractivity contribution in [3.63, 3.8) is 0 Å². The molecule has 0 aliphatic heterocycles. The van der Waals surface area contributed by atoms with Gasteiger partial charge in [-0.25, -0.2) is 4.68 Å². The van der Waals surface area contributed by atoms with Gasteiger partial charge >= 0.3 is 0 Å². The van der Waals surface area contributed by atoms with Gasteiger partial charge in [0.15, 0.2) is 0 Å².